The lowest BCUT2D eigenvalue weighted by atomic mass is 10.1. The first-order valence-corrected chi connectivity index (χ1v) is 12.6. The van der Waals surface area contributed by atoms with E-state index in [0.717, 1.165) is 5.69 Å². The van der Waals surface area contributed by atoms with Gasteiger partial charge >= 0.3 is 0 Å². The number of rotatable bonds is 7. The maximum absolute atomic E-state index is 12.9. The maximum atomic E-state index is 12.9. The fourth-order valence-corrected chi connectivity index (χ4v) is 5.30. The molecule has 1 aromatic carbocycles. The lowest BCUT2D eigenvalue weighted by molar-refractivity contribution is 0.222. The molecule has 10 nitrogen and oxygen atoms in total. The molecule has 1 fully saturated rings. The van der Waals surface area contributed by atoms with Gasteiger partial charge in [-0.3, -0.25) is 9.48 Å². The Labute approximate surface area is 193 Å². The molecule has 0 atom stereocenters. The Balaban J connectivity index is 1.50. The summed E-state index contributed by atoms with van der Waals surface area (Å²) >= 11 is 0. The molecule has 0 unspecified atom stereocenters. The van der Waals surface area contributed by atoms with Crippen LogP contribution in [0.4, 0.5) is 0 Å². The highest BCUT2D eigenvalue weighted by Crippen LogP contribution is 2.23. The summed E-state index contributed by atoms with van der Waals surface area (Å²) in [5.74, 6) is 1.00. The van der Waals surface area contributed by atoms with E-state index in [1.165, 1.54) is 4.31 Å². The van der Waals surface area contributed by atoms with Crippen LogP contribution in [0.2, 0.25) is 0 Å². The summed E-state index contributed by atoms with van der Waals surface area (Å²) in [4.78, 5) is 22.4. The van der Waals surface area contributed by atoms with Crippen molar-refractivity contribution in [3.63, 3.8) is 0 Å². The number of aryl methyl sites for hydroxylation is 1. The van der Waals surface area contributed by atoms with E-state index in [0.29, 0.717) is 55.3 Å². The van der Waals surface area contributed by atoms with Crippen LogP contribution in [0.3, 0.4) is 0 Å². The van der Waals surface area contributed by atoms with Crippen LogP contribution in [0.1, 0.15) is 38.2 Å². The molecule has 3 heterocycles. The van der Waals surface area contributed by atoms with Crippen molar-refractivity contribution >= 4 is 21.1 Å². The van der Waals surface area contributed by atoms with E-state index in [1.807, 2.05) is 27.8 Å². The average molecular weight is 475 g/mol. The van der Waals surface area contributed by atoms with Crippen molar-refractivity contribution in [2.45, 2.75) is 44.7 Å². The SMILES string of the molecule is CCn1nc(C(C)C)c2nc(COc3ccc(S(=O)(=O)N4CCN(C)CC4)cc3)[nH]c(=O)c21. The molecule has 1 aliphatic heterocycles. The summed E-state index contributed by atoms with van der Waals surface area (Å²) in [6, 6.07) is 6.33. The number of likely N-dealkylation sites (N-methyl/N-ethyl adjacent to an activating group) is 1. The Kier molecular flexibility index (Phi) is 6.55. The molecular formula is C22H30N6O4S. The predicted molar refractivity (Wildman–Crippen MR) is 125 cm³/mol. The normalized spacial score (nSPS) is 16.0. The van der Waals surface area contributed by atoms with Crippen LogP contribution in [-0.2, 0) is 23.2 Å². The van der Waals surface area contributed by atoms with Crippen molar-refractivity contribution in [3.8, 4) is 5.75 Å². The molecule has 0 amide bonds. The summed E-state index contributed by atoms with van der Waals surface area (Å²) in [6.07, 6.45) is 0. The van der Waals surface area contributed by atoms with E-state index in [4.69, 9.17) is 4.74 Å². The van der Waals surface area contributed by atoms with Crippen LogP contribution in [0.25, 0.3) is 11.0 Å². The van der Waals surface area contributed by atoms with E-state index < -0.39 is 10.0 Å². The zero-order valence-electron chi connectivity index (χ0n) is 19.4. The molecule has 178 valence electrons. The highest BCUT2D eigenvalue weighted by Gasteiger charge is 2.27. The molecule has 1 saturated heterocycles. The van der Waals surface area contributed by atoms with Gasteiger partial charge in [-0.25, -0.2) is 13.4 Å². The van der Waals surface area contributed by atoms with Gasteiger partial charge in [0.2, 0.25) is 10.0 Å². The Morgan fingerprint density at radius 3 is 2.39 bits per heavy atom. The molecule has 0 saturated carbocycles. The quantitative estimate of drug-likeness (QED) is 0.555. The molecule has 33 heavy (non-hydrogen) atoms. The van der Waals surface area contributed by atoms with Gasteiger partial charge in [-0.05, 0) is 44.2 Å². The monoisotopic (exact) mass is 474 g/mol. The smallest absolute Gasteiger partial charge is 0.277 e. The van der Waals surface area contributed by atoms with Gasteiger partial charge in [-0.15, -0.1) is 0 Å². The number of H-pyrrole nitrogens is 1. The van der Waals surface area contributed by atoms with Crippen molar-refractivity contribution in [3.05, 3.63) is 46.1 Å². The first kappa shape index (κ1) is 23.4. The minimum absolute atomic E-state index is 0.0462. The van der Waals surface area contributed by atoms with Crippen LogP contribution in [-0.4, -0.2) is 70.6 Å². The zero-order valence-corrected chi connectivity index (χ0v) is 20.2. The third-order valence-electron chi connectivity index (χ3n) is 5.82. The van der Waals surface area contributed by atoms with Crippen molar-refractivity contribution in [1.29, 1.82) is 0 Å². The minimum atomic E-state index is -3.53. The number of piperazine rings is 1. The van der Waals surface area contributed by atoms with Gasteiger partial charge in [0.25, 0.3) is 5.56 Å². The van der Waals surface area contributed by atoms with Crippen LogP contribution >= 0.6 is 0 Å². The van der Waals surface area contributed by atoms with Gasteiger partial charge in [-0.1, -0.05) is 13.8 Å². The summed E-state index contributed by atoms with van der Waals surface area (Å²) in [7, 11) is -1.55. The number of ether oxygens (including phenoxy) is 1. The van der Waals surface area contributed by atoms with Crippen molar-refractivity contribution in [1.82, 2.24) is 29.0 Å². The van der Waals surface area contributed by atoms with E-state index in [1.54, 1.807) is 28.9 Å². The maximum Gasteiger partial charge on any atom is 0.277 e. The molecule has 3 aromatic rings. The van der Waals surface area contributed by atoms with E-state index in [-0.39, 0.29) is 23.0 Å². The van der Waals surface area contributed by atoms with E-state index >= 15 is 0 Å². The van der Waals surface area contributed by atoms with Gasteiger partial charge in [0.15, 0.2) is 5.52 Å². The fraction of sp³-hybridized carbons (Fsp3) is 0.500. The lowest BCUT2D eigenvalue weighted by Crippen LogP contribution is -2.46. The van der Waals surface area contributed by atoms with Gasteiger partial charge < -0.3 is 14.6 Å². The minimum Gasteiger partial charge on any atom is -0.486 e. The number of hydrogen-bond donors (Lipinski definition) is 1. The molecule has 0 radical (unpaired) electrons. The van der Waals surface area contributed by atoms with Crippen LogP contribution in [0.15, 0.2) is 34.0 Å². The average Bonchev–Trinajstić information content (AvgIpc) is 3.18. The Morgan fingerprint density at radius 2 is 1.79 bits per heavy atom. The van der Waals surface area contributed by atoms with Crippen LogP contribution in [0, 0.1) is 0 Å². The second kappa shape index (κ2) is 9.24. The predicted octanol–water partition coefficient (Wildman–Crippen LogP) is 1.78. The topological polar surface area (TPSA) is 113 Å². The zero-order chi connectivity index (χ0) is 23.8. The molecule has 0 bridgehead atoms. The number of sulfonamides is 1. The van der Waals surface area contributed by atoms with Crippen molar-refractivity contribution in [2.75, 3.05) is 33.2 Å². The molecule has 1 aliphatic rings. The highest BCUT2D eigenvalue weighted by molar-refractivity contribution is 7.89. The Bertz CT molecular complexity index is 1290. The van der Waals surface area contributed by atoms with Crippen molar-refractivity contribution in [2.24, 2.45) is 0 Å². The highest BCUT2D eigenvalue weighted by atomic mass is 32.2. The number of aromatic nitrogens is 4. The fourth-order valence-electron chi connectivity index (χ4n) is 3.88. The molecule has 0 aliphatic carbocycles. The summed E-state index contributed by atoms with van der Waals surface area (Å²) in [5, 5.41) is 4.53. The Hall–Kier alpha value is -2.76. The third kappa shape index (κ3) is 4.66. The van der Waals surface area contributed by atoms with Crippen LogP contribution in [0.5, 0.6) is 5.75 Å². The van der Waals surface area contributed by atoms with Gasteiger partial charge in [0, 0.05) is 32.7 Å². The van der Waals surface area contributed by atoms with Gasteiger partial charge in [-0.2, -0.15) is 9.40 Å². The third-order valence-corrected chi connectivity index (χ3v) is 7.73. The van der Waals surface area contributed by atoms with Gasteiger partial charge in [0.05, 0.1) is 10.6 Å². The molecule has 0 spiro atoms. The van der Waals surface area contributed by atoms with Crippen LogP contribution < -0.4 is 10.3 Å². The second-order valence-corrected chi connectivity index (χ2v) is 10.5. The largest absolute Gasteiger partial charge is 0.486 e. The number of nitrogens with one attached hydrogen (secondary N) is 1. The molecule has 4 rings (SSSR count). The van der Waals surface area contributed by atoms with E-state index in [9.17, 15) is 13.2 Å². The number of hydrogen-bond acceptors (Lipinski definition) is 7. The number of nitrogens with zero attached hydrogens (tertiary/aromatic N) is 5. The summed E-state index contributed by atoms with van der Waals surface area (Å²) < 4.78 is 34.7. The molecular weight excluding hydrogens is 444 g/mol. The number of benzene rings is 1. The van der Waals surface area contributed by atoms with Crippen molar-refractivity contribution < 1.29 is 13.2 Å². The first-order chi connectivity index (χ1) is 15.7. The first-order valence-electron chi connectivity index (χ1n) is 11.1. The second-order valence-electron chi connectivity index (χ2n) is 8.53. The van der Waals surface area contributed by atoms with Gasteiger partial charge in [0.1, 0.15) is 23.7 Å². The van der Waals surface area contributed by atoms with E-state index in [2.05, 4.69) is 20.0 Å². The summed E-state index contributed by atoms with van der Waals surface area (Å²) in [6.45, 7) is 8.96. The number of aromatic amines is 1. The molecule has 11 heteroatoms. The lowest BCUT2D eigenvalue weighted by Gasteiger charge is -2.31. The Morgan fingerprint density at radius 1 is 1.12 bits per heavy atom. The molecule has 2 aromatic heterocycles. The molecule has 1 N–H and O–H groups in total. The standard InChI is InChI=1S/C22H30N6O4S/c1-5-28-21-20(19(25-28)15(2)3)23-18(24-22(21)29)14-32-16-6-8-17(9-7-16)33(30,31)27-12-10-26(4)11-13-27/h6-9,15H,5,10-14H2,1-4H3,(H,23,24,29). The summed E-state index contributed by atoms with van der Waals surface area (Å²) in [5.41, 5.74) is 1.57. The number of fused-ring (bicyclic) bond motifs is 1.